The molecule has 0 aliphatic carbocycles. The van der Waals surface area contributed by atoms with E-state index >= 15 is 0 Å². The predicted octanol–water partition coefficient (Wildman–Crippen LogP) is 2.57. The van der Waals surface area contributed by atoms with Crippen LogP contribution in [0, 0.1) is 17.0 Å². The molecule has 0 atom stereocenters. The first-order valence-corrected chi connectivity index (χ1v) is 8.68. The number of sulfone groups is 1. The fourth-order valence-corrected chi connectivity index (χ4v) is 3.39. The lowest BCUT2D eigenvalue weighted by molar-refractivity contribution is -0.385. The Morgan fingerprint density at radius 1 is 1.26 bits per heavy atom. The van der Waals surface area contributed by atoms with Crippen LogP contribution in [-0.4, -0.2) is 30.6 Å². The van der Waals surface area contributed by atoms with Crippen molar-refractivity contribution in [3.63, 3.8) is 0 Å². The molecule has 0 spiro atoms. The highest BCUT2D eigenvalue weighted by Crippen LogP contribution is 2.18. The third-order valence-electron chi connectivity index (χ3n) is 3.28. The van der Waals surface area contributed by atoms with E-state index in [-0.39, 0.29) is 11.4 Å². The van der Waals surface area contributed by atoms with Gasteiger partial charge in [-0.1, -0.05) is 18.2 Å². The Balaban J connectivity index is 1.88. The zero-order chi connectivity index (χ0) is 16.9. The van der Waals surface area contributed by atoms with Crippen molar-refractivity contribution in [1.82, 2.24) is 4.98 Å². The molecule has 1 N–H and O–H groups in total. The van der Waals surface area contributed by atoms with E-state index in [1.165, 1.54) is 6.20 Å². The first kappa shape index (κ1) is 16.9. The van der Waals surface area contributed by atoms with Crippen molar-refractivity contribution in [3.8, 4) is 0 Å². The summed E-state index contributed by atoms with van der Waals surface area (Å²) in [5.41, 5.74) is 0.464. The standard InChI is InChI=1S/C15H17N3O4S/c1-12-10-15(17-11-14(12)18(19)20)16-8-5-9-23(21,22)13-6-3-2-4-7-13/h2-4,6-7,10-11H,5,8-9H2,1H3,(H,16,17). The summed E-state index contributed by atoms with van der Waals surface area (Å²) >= 11 is 0. The molecular weight excluding hydrogens is 318 g/mol. The molecule has 7 nitrogen and oxygen atoms in total. The molecule has 0 unspecified atom stereocenters. The van der Waals surface area contributed by atoms with Gasteiger partial charge in [-0.2, -0.15) is 0 Å². The number of nitrogens with one attached hydrogen (secondary N) is 1. The number of rotatable bonds is 7. The molecule has 0 saturated heterocycles. The van der Waals surface area contributed by atoms with Crippen LogP contribution in [-0.2, 0) is 9.84 Å². The number of benzene rings is 1. The number of anilines is 1. The monoisotopic (exact) mass is 335 g/mol. The molecule has 0 aliphatic heterocycles. The minimum absolute atomic E-state index is 0.0238. The molecule has 0 amide bonds. The molecule has 0 bridgehead atoms. The molecular formula is C15H17N3O4S. The van der Waals surface area contributed by atoms with Crippen LogP contribution in [0.4, 0.5) is 11.5 Å². The van der Waals surface area contributed by atoms with E-state index in [0.29, 0.717) is 29.2 Å². The Morgan fingerprint density at radius 3 is 2.57 bits per heavy atom. The van der Waals surface area contributed by atoms with Gasteiger partial charge in [0.1, 0.15) is 12.0 Å². The van der Waals surface area contributed by atoms with Crippen molar-refractivity contribution in [1.29, 1.82) is 0 Å². The van der Waals surface area contributed by atoms with Crippen molar-refractivity contribution in [2.24, 2.45) is 0 Å². The van der Waals surface area contributed by atoms with Gasteiger partial charge in [0.2, 0.25) is 0 Å². The first-order valence-electron chi connectivity index (χ1n) is 7.03. The SMILES string of the molecule is Cc1cc(NCCCS(=O)(=O)c2ccccc2)ncc1[N+](=O)[O-]. The van der Waals surface area contributed by atoms with Crippen LogP contribution < -0.4 is 5.32 Å². The molecule has 1 aromatic carbocycles. The second-order valence-corrected chi connectivity index (χ2v) is 7.13. The minimum Gasteiger partial charge on any atom is -0.370 e. The van der Waals surface area contributed by atoms with Crippen LogP contribution in [0.5, 0.6) is 0 Å². The number of aromatic nitrogens is 1. The van der Waals surface area contributed by atoms with Crippen molar-refractivity contribution in [3.05, 3.63) is 58.3 Å². The summed E-state index contributed by atoms with van der Waals surface area (Å²) < 4.78 is 24.2. The average Bonchev–Trinajstić information content (AvgIpc) is 2.52. The highest BCUT2D eigenvalue weighted by Gasteiger charge is 2.14. The summed E-state index contributed by atoms with van der Waals surface area (Å²) in [6.45, 7) is 2.04. The van der Waals surface area contributed by atoms with Gasteiger partial charge < -0.3 is 5.32 Å². The summed E-state index contributed by atoms with van der Waals surface area (Å²) in [6, 6.07) is 9.87. The van der Waals surface area contributed by atoms with Crippen molar-refractivity contribution < 1.29 is 13.3 Å². The number of pyridine rings is 1. The van der Waals surface area contributed by atoms with Crippen LogP contribution in [0.1, 0.15) is 12.0 Å². The van der Waals surface area contributed by atoms with Gasteiger partial charge in [-0.25, -0.2) is 13.4 Å². The molecule has 8 heteroatoms. The zero-order valence-corrected chi connectivity index (χ0v) is 13.4. The maximum Gasteiger partial charge on any atom is 0.290 e. The Bertz CT molecular complexity index is 792. The lowest BCUT2D eigenvalue weighted by Crippen LogP contribution is -2.12. The number of aryl methyl sites for hydroxylation is 1. The second-order valence-electron chi connectivity index (χ2n) is 5.03. The quantitative estimate of drug-likeness (QED) is 0.474. The van der Waals surface area contributed by atoms with Crippen LogP contribution in [0.15, 0.2) is 47.5 Å². The van der Waals surface area contributed by atoms with Crippen molar-refractivity contribution in [2.45, 2.75) is 18.2 Å². The Kier molecular flexibility index (Phi) is 5.28. The van der Waals surface area contributed by atoms with Gasteiger partial charge in [0.05, 0.1) is 15.6 Å². The highest BCUT2D eigenvalue weighted by molar-refractivity contribution is 7.91. The fraction of sp³-hybridized carbons (Fsp3) is 0.267. The normalized spacial score (nSPS) is 11.2. The number of nitro groups is 1. The van der Waals surface area contributed by atoms with Gasteiger partial charge in [-0.3, -0.25) is 10.1 Å². The third-order valence-corrected chi connectivity index (χ3v) is 5.09. The van der Waals surface area contributed by atoms with Gasteiger partial charge in [-0.05, 0) is 31.5 Å². The molecule has 1 heterocycles. The molecule has 0 fully saturated rings. The van der Waals surface area contributed by atoms with Crippen LogP contribution in [0.2, 0.25) is 0 Å². The topological polar surface area (TPSA) is 102 Å². The van der Waals surface area contributed by atoms with Crippen molar-refractivity contribution >= 4 is 21.3 Å². The van der Waals surface area contributed by atoms with E-state index in [1.54, 1.807) is 43.3 Å². The summed E-state index contributed by atoms with van der Waals surface area (Å²) in [5, 5.41) is 13.7. The number of nitrogens with zero attached hydrogens (tertiary/aromatic N) is 2. The van der Waals surface area contributed by atoms with Gasteiger partial charge in [0, 0.05) is 12.1 Å². The fourth-order valence-electron chi connectivity index (χ4n) is 2.06. The van der Waals surface area contributed by atoms with Crippen LogP contribution >= 0.6 is 0 Å². The van der Waals surface area contributed by atoms with E-state index < -0.39 is 14.8 Å². The molecule has 0 saturated carbocycles. The van der Waals surface area contributed by atoms with Gasteiger partial charge in [0.15, 0.2) is 9.84 Å². The Labute approximate surface area is 134 Å². The number of hydrogen-bond donors (Lipinski definition) is 1. The maximum atomic E-state index is 12.1. The largest absolute Gasteiger partial charge is 0.370 e. The van der Waals surface area contributed by atoms with Crippen LogP contribution in [0.3, 0.4) is 0 Å². The molecule has 1 aromatic heterocycles. The molecule has 23 heavy (non-hydrogen) atoms. The average molecular weight is 335 g/mol. The van der Waals surface area contributed by atoms with Gasteiger partial charge in [0.25, 0.3) is 5.69 Å². The molecule has 122 valence electrons. The van der Waals surface area contributed by atoms with E-state index in [0.717, 1.165) is 0 Å². The van der Waals surface area contributed by atoms with Crippen LogP contribution in [0.25, 0.3) is 0 Å². The smallest absolute Gasteiger partial charge is 0.290 e. The lowest BCUT2D eigenvalue weighted by atomic mass is 10.2. The predicted molar refractivity (Wildman–Crippen MR) is 87.2 cm³/mol. The minimum atomic E-state index is -3.29. The van der Waals surface area contributed by atoms with Gasteiger partial charge >= 0.3 is 0 Å². The molecule has 2 rings (SSSR count). The van der Waals surface area contributed by atoms with Gasteiger partial charge in [-0.15, -0.1) is 0 Å². The lowest BCUT2D eigenvalue weighted by Gasteiger charge is -2.07. The summed E-state index contributed by atoms with van der Waals surface area (Å²) in [6.07, 6.45) is 1.60. The van der Waals surface area contributed by atoms with E-state index in [1.807, 2.05) is 0 Å². The maximum absolute atomic E-state index is 12.1. The van der Waals surface area contributed by atoms with E-state index in [4.69, 9.17) is 0 Å². The summed E-state index contributed by atoms with van der Waals surface area (Å²) in [5.74, 6) is 0.515. The highest BCUT2D eigenvalue weighted by atomic mass is 32.2. The molecule has 2 aromatic rings. The van der Waals surface area contributed by atoms with E-state index in [9.17, 15) is 18.5 Å². The second kappa shape index (κ2) is 7.19. The van der Waals surface area contributed by atoms with E-state index in [2.05, 4.69) is 10.3 Å². The first-order chi connectivity index (χ1) is 10.9. The van der Waals surface area contributed by atoms with Crippen molar-refractivity contribution in [2.75, 3.05) is 17.6 Å². The Hall–Kier alpha value is -2.48. The molecule has 0 aliphatic rings. The molecule has 0 radical (unpaired) electrons. The number of hydrogen-bond acceptors (Lipinski definition) is 6. The Morgan fingerprint density at radius 2 is 1.96 bits per heavy atom. The zero-order valence-electron chi connectivity index (χ0n) is 12.6. The summed E-state index contributed by atoms with van der Waals surface area (Å²) in [4.78, 5) is 14.5. The third kappa shape index (κ3) is 4.49. The summed E-state index contributed by atoms with van der Waals surface area (Å²) in [7, 11) is -3.29.